The molecule has 0 saturated carbocycles. The lowest BCUT2D eigenvalue weighted by atomic mass is 10.1. The molecule has 0 heterocycles. The first-order chi connectivity index (χ1) is 9.27. The third-order valence-corrected chi connectivity index (χ3v) is 3.82. The molecule has 0 fully saturated rings. The van der Waals surface area contributed by atoms with Crippen LogP contribution in [0.25, 0.3) is 0 Å². The molecule has 0 amide bonds. The number of rotatable bonds is 15. The predicted molar refractivity (Wildman–Crippen MR) is 92.1 cm³/mol. The molecule has 1 atom stereocenters. The third kappa shape index (κ3) is 18.6. The Balaban J connectivity index is 2.91. The minimum atomic E-state index is 0.478. The van der Waals surface area contributed by atoms with E-state index >= 15 is 0 Å². The van der Waals surface area contributed by atoms with E-state index in [9.17, 15) is 0 Å². The Kier molecular flexibility index (Phi) is 17.3. The molecule has 0 aromatic rings. The Morgan fingerprint density at radius 2 is 1.32 bits per heavy atom. The number of hydrogen-bond donors (Lipinski definition) is 0. The third-order valence-electron chi connectivity index (χ3n) is 3.20. The summed E-state index contributed by atoms with van der Waals surface area (Å²) in [5, 5.41) is 0. The van der Waals surface area contributed by atoms with Gasteiger partial charge in [0.15, 0.2) is 0 Å². The molecule has 0 rings (SSSR count). The molecule has 0 aliphatic heterocycles. The molecule has 0 aromatic heterocycles. The van der Waals surface area contributed by atoms with Gasteiger partial charge in [-0.2, -0.15) is 0 Å². The highest BCUT2D eigenvalue weighted by molar-refractivity contribution is 14.1. The normalized spacial score (nSPS) is 12.8. The van der Waals surface area contributed by atoms with Gasteiger partial charge in [-0.25, -0.2) is 0 Å². The first kappa shape index (κ1) is 19.7. The van der Waals surface area contributed by atoms with Crippen LogP contribution >= 0.6 is 22.6 Å². The van der Waals surface area contributed by atoms with Crippen LogP contribution in [-0.4, -0.2) is 23.9 Å². The van der Waals surface area contributed by atoms with E-state index in [0.717, 1.165) is 23.6 Å². The summed E-state index contributed by atoms with van der Waals surface area (Å²) in [5.41, 5.74) is 0. The first-order valence-electron chi connectivity index (χ1n) is 8.07. The van der Waals surface area contributed by atoms with Crippen LogP contribution in [0.4, 0.5) is 0 Å². The maximum Gasteiger partial charge on any atom is 0.146 e. The van der Waals surface area contributed by atoms with E-state index in [2.05, 4.69) is 36.4 Å². The van der Waals surface area contributed by atoms with Gasteiger partial charge in [-0.15, -0.1) is 0 Å². The average molecular weight is 384 g/mol. The van der Waals surface area contributed by atoms with Gasteiger partial charge < -0.3 is 9.47 Å². The van der Waals surface area contributed by atoms with Crippen LogP contribution in [0.15, 0.2) is 0 Å². The minimum absolute atomic E-state index is 0.478. The molecule has 116 valence electrons. The zero-order valence-electron chi connectivity index (χ0n) is 13.0. The van der Waals surface area contributed by atoms with Gasteiger partial charge in [0.2, 0.25) is 0 Å². The average Bonchev–Trinajstić information content (AvgIpc) is 2.39. The fourth-order valence-electron chi connectivity index (χ4n) is 1.98. The van der Waals surface area contributed by atoms with Crippen molar-refractivity contribution in [2.24, 2.45) is 0 Å². The molecule has 0 aliphatic rings. The Labute approximate surface area is 134 Å². The molecular formula is C16H33IO2. The van der Waals surface area contributed by atoms with Crippen LogP contribution in [0.3, 0.4) is 0 Å². The van der Waals surface area contributed by atoms with Crippen molar-refractivity contribution >= 4 is 22.6 Å². The number of unbranched alkanes of at least 4 members (excludes halogenated alkanes) is 7. The van der Waals surface area contributed by atoms with Crippen LogP contribution in [0.5, 0.6) is 0 Å². The highest BCUT2D eigenvalue weighted by Crippen LogP contribution is 2.08. The standard InChI is InChI=1S/C16H33IO2/c1-3-4-5-6-7-8-9-10-13-18-15-19-14-11-12-16(2)17/h16H,3-15H2,1-2H3. The van der Waals surface area contributed by atoms with E-state index in [-0.39, 0.29) is 0 Å². The maximum atomic E-state index is 5.46. The number of alkyl halides is 1. The SMILES string of the molecule is CCCCCCCCCCOCOCCCC(C)I. The number of ether oxygens (including phenoxy) is 2. The molecule has 1 unspecified atom stereocenters. The van der Waals surface area contributed by atoms with Crippen LogP contribution in [-0.2, 0) is 9.47 Å². The van der Waals surface area contributed by atoms with Crippen LogP contribution in [0, 0.1) is 0 Å². The van der Waals surface area contributed by atoms with E-state index < -0.39 is 0 Å². The molecule has 19 heavy (non-hydrogen) atoms. The molecule has 0 aromatic carbocycles. The summed E-state index contributed by atoms with van der Waals surface area (Å²) in [6.45, 7) is 6.68. The molecule has 3 heteroatoms. The second-order valence-electron chi connectivity index (χ2n) is 5.33. The Morgan fingerprint density at radius 3 is 1.89 bits per heavy atom. The zero-order chi connectivity index (χ0) is 14.2. The smallest absolute Gasteiger partial charge is 0.146 e. The fraction of sp³-hybridized carbons (Fsp3) is 1.00. The summed E-state index contributed by atoms with van der Waals surface area (Å²) in [4.78, 5) is 0. The van der Waals surface area contributed by atoms with Gasteiger partial charge in [-0.1, -0.05) is 81.4 Å². The Hall–Kier alpha value is 0.650. The van der Waals surface area contributed by atoms with Crippen molar-refractivity contribution in [1.29, 1.82) is 0 Å². The molecule has 2 nitrogen and oxygen atoms in total. The lowest BCUT2D eigenvalue weighted by Crippen LogP contribution is -2.04. The van der Waals surface area contributed by atoms with Gasteiger partial charge >= 0.3 is 0 Å². The van der Waals surface area contributed by atoms with Gasteiger partial charge in [0, 0.05) is 17.1 Å². The quantitative estimate of drug-likeness (QED) is 0.156. The van der Waals surface area contributed by atoms with Gasteiger partial charge in [0.1, 0.15) is 6.79 Å². The van der Waals surface area contributed by atoms with E-state index in [1.54, 1.807) is 0 Å². The summed E-state index contributed by atoms with van der Waals surface area (Å²) in [6.07, 6.45) is 13.2. The van der Waals surface area contributed by atoms with E-state index in [4.69, 9.17) is 9.47 Å². The summed E-state index contributed by atoms with van der Waals surface area (Å²) < 4.78 is 11.6. The minimum Gasteiger partial charge on any atom is -0.355 e. The lowest BCUT2D eigenvalue weighted by Gasteiger charge is -2.06. The lowest BCUT2D eigenvalue weighted by molar-refractivity contribution is -0.0554. The largest absolute Gasteiger partial charge is 0.355 e. The van der Waals surface area contributed by atoms with Gasteiger partial charge in [0.05, 0.1) is 0 Å². The van der Waals surface area contributed by atoms with Crippen molar-refractivity contribution in [3.8, 4) is 0 Å². The molecule has 0 N–H and O–H groups in total. The molecule has 0 radical (unpaired) electrons. The maximum absolute atomic E-state index is 5.46. The van der Waals surface area contributed by atoms with Crippen molar-refractivity contribution in [3.63, 3.8) is 0 Å². The van der Waals surface area contributed by atoms with Crippen molar-refractivity contribution in [1.82, 2.24) is 0 Å². The van der Waals surface area contributed by atoms with Crippen LogP contribution < -0.4 is 0 Å². The predicted octanol–water partition coefficient (Wildman–Crippen LogP) is 5.72. The monoisotopic (exact) mass is 384 g/mol. The van der Waals surface area contributed by atoms with Gasteiger partial charge in [-0.05, 0) is 19.3 Å². The molecular weight excluding hydrogens is 351 g/mol. The first-order valence-corrected chi connectivity index (χ1v) is 9.31. The van der Waals surface area contributed by atoms with Crippen LogP contribution in [0.2, 0.25) is 0 Å². The van der Waals surface area contributed by atoms with Crippen molar-refractivity contribution in [2.45, 2.75) is 82.0 Å². The molecule has 0 bridgehead atoms. The fourth-order valence-corrected chi connectivity index (χ4v) is 2.42. The van der Waals surface area contributed by atoms with E-state index in [1.807, 2.05) is 0 Å². The molecule has 0 spiro atoms. The summed E-state index contributed by atoms with van der Waals surface area (Å²) >= 11 is 2.45. The Morgan fingerprint density at radius 1 is 0.789 bits per heavy atom. The van der Waals surface area contributed by atoms with E-state index in [1.165, 1.54) is 57.8 Å². The Bertz CT molecular complexity index is 163. The molecule has 0 saturated heterocycles. The molecule has 0 aliphatic carbocycles. The second-order valence-corrected chi connectivity index (χ2v) is 7.46. The summed E-state index contributed by atoms with van der Waals surface area (Å²) in [7, 11) is 0. The number of halogens is 1. The zero-order valence-corrected chi connectivity index (χ0v) is 15.1. The number of hydrogen-bond acceptors (Lipinski definition) is 2. The summed E-state index contributed by atoms with van der Waals surface area (Å²) in [6, 6.07) is 0. The van der Waals surface area contributed by atoms with Gasteiger partial charge in [-0.3, -0.25) is 0 Å². The summed E-state index contributed by atoms with van der Waals surface area (Å²) in [5.74, 6) is 0. The highest BCUT2D eigenvalue weighted by atomic mass is 127. The van der Waals surface area contributed by atoms with Crippen LogP contribution in [0.1, 0.15) is 78.1 Å². The second kappa shape index (κ2) is 16.7. The van der Waals surface area contributed by atoms with E-state index in [0.29, 0.717) is 6.79 Å². The van der Waals surface area contributed by atoms with Crippen molar-refractivity contribution < 1.29 is 9.47 Å². The topological polar surface area (TPSA) is 18.5 Å². The van der Waals surface area contributed by atoms with Gasteiger partial charge in [0.25, 0.3) is 0 Å². The van der Waals surface area contributed by atoms with Crippen molar-refractivity contribution in [3.05, 3.63) is 0 Å². The van der Waals surface area contributed by atoms with Crippen molar-refractivity contribution in [2.75, 3.05) is 20.0 Å². The highest BCUT2D eigenvalue weighted by Gasteiger charge is 1.96.